The van der Waals surface area contributed by atoms with E-state index in [4.69, 9.17) is 24.3 Å². The summed E-state index contributed by atoms with van der Waals surface area (Å²) in [6.07, 6.45) is 39.2. The molecule has 0 aromatic carbocycles. The third-order valence-electron chi connectivity index (χ3n) is 10.1. The van der Waals surface area contributed by atoms with Crippen molar-refractivity contribution in [1.82, 2.24) is 0 Å². The Hall–Kier alpha value is -1.55. The first-order valence-corrected chi connectivity index (χ1v) is 24.3. The molecule has 330 valence electrons. The first-order valence-electron chi connectivity index (χ1n) is 22.8. The minimum Gasteiger partial charge on any atom is -0.462 e. The molecule has 0 fully saturated rings. The lowest BCUT2D eigenvalue weighted by Crippen LogP contribution is -2.45. The highest BCUT2D eigenvalue weighted by atomic mass is 31.2. The van der Waals surface area contributed by atoms with E-state index in [1.54, 1.807) is 0 Å². The molecule has 11 heteroatoms. The van der Waals surface area contributed by atoms with Gasteiger partial charge in [-0.15, -0.1) is 0 Å². The smallest absolute Gasteiger partial charge is 0.462 e. The highest BCUT2D eigenvalue weighted by Gasteiger charge is 2.27. The number of unbranched alkanes of at least 4 members (excludes halogenated alkanes) is 22. The molecule has 0 rings (SSSR count). The van der Waals surface area contributed by atoms with Crippen molar-refractivity contribution in [3.05, 3.63) is 24.3 Å². The van der Waals surface area contributed by atoms with Crippen molar-refractivity contribution in [2.75, 3.05) is 53.6 Å². The Balaban J connectivity index is 4.48. The summed E-state index contributed by atoms with van der Waals surface area (Å²) in [5.74, 6) is -0.830. The maximum absolute atomic E-state index is 12.7. The van der Waals surface area contributed by atoms with Crippen LogP contribution in [0.2, 0.25) is 0 Å². The molecule has 1 unspecified atom stereocenters. The van der Waals surface area contributed by atoms with Crippen molar-refractivity contribution in [3.8, 4) is 0 Å². The number of likely N-dealkylation sites (N-methyl/N-ethyl adjacent to an activating group) is 1. The molecule has 0 amide bonds. The van der Waals surface area contributed by atoms with Crippen LogP contribution in [0.25, 0.3) is 0 Å². The molecule has 0 heterocycles. The number of nitrogens with two attached hydrogens (primary N) is 1. The zero-order chi connectivity index (χ0) is 41.4. The number of carbonyl (C=O) groups excluding carboxylic acids is 2. The molecule has 0 saturated heterocycles. The number of ether oxygens (including phenoxy) is 2. The number of carbonyl (C=O) groups is 2. The first kappa shape index (κ1) is 54.5. The van der Waals surface area contributed by atoms with E-state index in [1.165, 1.54) is 89.9 Å². The number of nitrogens with zero attached hydrogens (tertiary/aromatic N) is 1. The summed E-state index contributed by atoms with van der Waals surface area (Å²) >= 11 is 0. The third kappa shape index (κ3) is 39.3. The van der Waals surface area contributed by atoms with Crippen LogP contribution in [-0.4, -0.2) is 81.0 Å². The van der Waals surface area contributed by atoms with Crippen LogP contribution >= 0.6 is 7.82 Å². The van der Waals surface area contributed by atoms with Crippen LogP contribution < -0.4 is 5.73 Å². The molecule has 0 aromatic rings. The zero-order valence-corrected chi connectivity index (χ0v) is 37.6. The maximum atomic E-state index is 12.7. The molecule has 56 heavy (non-hydrogen) atoms. The molecule has 0 aliphatic carbocycles. The van der Waals surface area contributed by atoms with Crippen LogP contribution in [0.5, 0.6) is 0 Å². The van der Waals surface area contributed by atoms with E-state index in [0.29, 0.717) is 30.5 Å². The van der Waals surface area contributed by atoms with Crippen LogP contribution in [0.3, 0.4) is 0 Å². The van der Waals surface area contributed by atoms with Gasteiger partial charge in [-0.1, -0.05) is 141 Å². The number of rotatable bonds is 42. The fraction of sp³-hybridized carbons (Fsp3) is 0.867. The minimum atomic E-state index is -4.42. The molecule has 0 saturated carbocycles. The van der Waals surface area contributed by atoms with Crippen LogP contribution in [0.1, 0.15) is 194 Å². The van der Waals surface area contributed by atoms with Gasteiger partial charge in [-0.25, -0.2) is 4.57 Å². The van der Waals surface area contributed by atoms with Crippen LogP contribution in [0.15, 0.2) is 24.3 Å². The van der Waals surface area contributed by atoms with E-state index >= 15 is 0 Å². The van der Waals surface area contributed by atoms with Gasteiger partial charge in [0.05, 0.1) is 27.2 Å². The predicted molar refractivity (Wildman–Crippen MR) is 232 cm³/mol. The molecule has 0 spiro atoms. The van der Waals surface area contributed by atoms with E-state index in [9.17, 15) is 19.0 Å². The second-order valence-electron chi connectivity index (χ2n) is 16.2. The van der Waals surface area contributed by atoms with Gasteiger partial charge >= 0.3 is 19.8 Å². The van der Waals surface area contributed by atoms with Gasteiger partial charge < -0.3 is 24.6 Å². The molecule has 0 bridgehead atoms. The second-order valence-corrected chi connectivity index (χ2v) is 17.7. The summed E-state index contributed by atoms with van der Waals surface area (Å²) in [7, 11) is -0.515. The number of allylic oxidation sites excluding steroid dienone is 4. The number of hydrogen-bond donors (Lipinski definition) is 2. The molecule has 0 radical (unpaired) electrons. The Morgan fingerprint density at radius 2 is 1.00 bits per heavy atom. The molecule has 0 aromatic heterocycles. The fourth-order valence-corrected chi connectivity index (χ4v) is 7.12. The number of esters is 2. The molecule has 3 N–H and O–H groups in total. The Labute approximate surface area is 344 Å². The minimum absolute atomic E-state index is 0.00828. The largest absolute Gasteiger partial charge is 0.472 e. The normalized spacial score (nSPS) is 13.8. The average molecular weight is 816 g/mol. The maximum Gasteiger partial charge on any atom is 0.472 e. The van der Waals surface area contributed by atoms with Crippen molar-refractivity contribution in [2.45, 2.75) is 200 Å². The van der Waals surface area contributed by atoms with Gasteiger partial charge in [-0.3, -0.25) is 18.6 Å². The SMILES string of the molecule is CCCCCCCC/C=C\CCCCCCCC(=O)OC[C@H](COP(=O)(O)OCC[N+](C)(C)CCN)OC(=O)CCCCCCC/C=C\CCCCCCCC. The molecular formula is C45H88N2O8P+. The summed E-state index contributed by atoms with van der Waals surface area (Å²) in [4.78, 5) is 35.5. The van der Waals surface area contributed by atoms with Crippen molar-refractivity contribution < 1.29 is 42.1 Å². The fourth-order valence-electron chi connectivity index (χ4n) is 6.38. The Morgan fingerprint density at radius 1 is 0.589 bits per heavy atom. The molecule has 0 aliphatic rings. The van der Waals surface area contributed by atoms with Crippen molar-refractivity contribution >= 4 is 19.8 Å². The van der Waals surface area contributed by atoms with Gasteiger partial charge in [-0.2, -0.15) is 0 Å². The summed E-state index contributed by atoms with van der Waals surface area (Å²) in [5, 5.41) is 0. The first-order chi connectivity index (χ1) is 27.0. The quantitative estimate of drug-likeness (QED) is 0.0203. The molecule has 0 aliphatic heterocycles. The molecule has 2 atom stereocenters. The van der Waals surface area contributed by atoms with Gasteiger partial charge in [0, 0.05) is 19.4 Å². The van der Waals surface area contributed by atoms with E-state index in [0.717, 1.165) is 70.6 Å². The van der Waals surface area contributed by atoms with Crippen molar-refractivity contribution in [1.29, 1.82) is 0 Å². The Bertz CT molecular complexity index is 1020. The summed E-state index contributed by atoms with van der Waals surface area (Å²) in [5.41, 5.74) is 5.65. The van der Waals surface area contributed by atoms with Gasteiger partial charge in [0.2, 0.25) is 0 Å². The number of phosphoric ester groups is 1. The van der Waals surface area contributed by atoms with E-state index in [1.807, 2.05) is 14.1 Å². The van der Waals surface area contributed by atoms with Crippen LogP contribution in [0.4, 0.5) is 0 Å². The highest BCUT2D eigenvalue weighted by Crippen LogP contribution is 2.43. The Morgan fingerprint density at radius 3 is 1.45 bits per heavy atom. The molecule has 10 nitrogen and oxygen atoms in total. The number of hydrogen-bond acceptors (Lipinski definition) is 8. The lowest BCUT2D eigenvalue weighted by Gasteiger charge is -2.29. The van der Waals surface area contributed by atoms with E-state index in [2.05, 4.69) is 38.2 Å². The zero-order valence-electron chi connectivity index (χ0n) is 36.7. The lowest BCUT2D eigenvalue weighted by molar-refractivity contribution is -0.888. The predicted octanol–water partition coefficient (Wildman–Crippen LogP) is 11.7. The summed E-state index contributed by atoms with van der Waals surface area (Å²) in [6, 6.07) is 0. The van der Waals surface area contributed by atoms with Gasteiger partial charge in [0.25, 0.3) is 0 Å². The Kier molecular flexibility index (Phi) is 37.9. The van der Waals surface area contributed by atoms with Gasteiger partial charge in [-0.05, 0) is 64.2 Å². The van der Waals surface area contributed by atoms with Crippen LogP contribution in [-0.2, 0) is 32.7 Å². The van der Waals surface area contributed by atoms with E-state index < -0.39 is 26.5 Å². The van der Waals surface area contributed by atoms with Gasteiger partial charge in [0.1, 0.15) is 19.8 Å². The monoisotopic (exact) mass is 816 g/mol. The van der Waals surface area contributed by atoms with Crippen molar-refractivity contribution in [3.63, 3.8) is 0 Å². The summed E-state index contributed by atoms with van der Waals surface area (Å²) in [6.45, 7) is 5.46. The van der Waals surface area contributed by atoms with Crippen molar-refractivity contribution in [2.24, 2.45) is 5.73 Å². The third-order valence-corrected chi connectivity index (χ3v) is 11.1. The summed E-state index contributed by atoms with van der Waals surface area (Å²) < 4.78 is 34.5. The standard InChI is InChI=1S/C45H87N2O8P/c1-5-7-9-11-13-15-17-19-21-23-25-27-29-31-33-35-44(48)52-41-43(42-54-56(50,51)53-40-39-47(3,4)38-37-46)55-45(49)36-34-32-30-28-26-24-22-20-18-16-14-12-10-8-6-2/h19-22,43H,5-18,23-42,46H2,1-4H3/p+1/b21-19-,22-20-/t43-/m1/s1. The second kappa shape index (κ2) is 38.9. The molecular weight excluding hydrogens is 727 g/mol. The lowest BCUT2D eigenvalue weighted by atomic mass is 10.1. The number of quaternary nitrogens is 1. The van der Waals surface area contributed by atoms with E-state index in [-0.39, 0.29) is 32.0 Å². The average Bonchev–Trinajstić information content (AvgIpc) is 3.15. The highest BCUT2D eigenvalue weighted by molar-refractivity contribution is 7.47. The number of phosphoric acid groups is 1. The van der Waals surface area contributed by atoms with Crippen LogP contribution in [0, 0.1) is 0 Å². The topological polar surface area (TPSA) is 134 Å². The van der Waals surface area contributed by atoms with Gasteiger partial charge in [0.15, 0.2) is 6.10 Å².